The number of imidazole rings is 1. The number of aryl methyl sites for hydroxylation is 2. The molecule has 1 aliphatic rings. The highest BCUT2D eigenvalue weighted by atomic mass is 19.1. The van der Waals surface area contributed by atoms with Crippen LogP contribution in [-0.2, 0) is 19.9 Å². The fraction of sp³-hybridized carbons (Fsp3) is 0.381. The van der Waals surface area contributed by atoms with Gasteiger partial charge in [0, 0.05) is 32.1 Å². The molecule has 3 aromatic rings. The van der Waals surface area contributed by atoms with Crippen molar-refractivity contribution in [2.24, 2.45) is 7.05 Å². The van der Waals surface area contributed by atoms with E-state index in [4.69, 9.17) is 4.74 Å². The van der Waals surface area contributed by atoms with Crippen LogP contribution in [-0.4, -0.2) is 22.7 Å². The van der Waals surface area contributed by atoms with Crippen molar-refractivity contribution in [2.75, 3.05) is 13.2 Å². The van der Waals surface area contributed by atoms with E-state index >= 15 is 0 Å². The first kappa shape index (κ1) is 17.0. The molecule has 1 unspecified atom stereocenters. The second kappa shape index (κ2) is 7.08. The molecule has 2 aromatic carbocycles. The van der Waals surface area contributed by atoms with Crippen LogP contribution in [0.2, 0.25) is 0 Å². The third kappa shape index (κ3) is 3.31. The molecule has 0 saturated carbocycles. The summed E-state index contributed by atoms with van der Waals surface area (Å²) in [6.45, 7) is 3.81. The first-order valence-corrected chi connectivity index (χ1v) is 9.21. The predicted molar refractivity (Wildman–Crippen MR) is 101 cm³/mol. The predicted octanol–water partition coefficient (Wildman–Crippen LogP) is 3.93. The molecule has 0 amide bonds. The van der Waals surface area contributed by atoms with Gasteiger partial charge in [0.05, 0.1) is 17.6 Å². The molecule has 0 aliphatic carbocycles. The van der Waals surface area contributed by atoms with E-state index in [1.165, 1.54) is 23.3 Å². The summed E-state index contributed by atoms with van der Waals surface area (Å²) in [4.78, 5) is 4.57. The summed E-state index contributed by atoms with van der Waals surface area (Å²) in [5.74, 6) is 1.74. The van der Waals surface area contributed by atoms with Gasteiger partial charge in [-0.05, 0) is 49.1 Å². The van der Waals surface area contributed by atoms with E-state index in [9.17, 15) is 4.39 Å². The molecule has 1 aromatic heterocycles. The molecule has 0 fully saturated rings. The lowest BCUT2D eigenvalue weighted by molar-refractivity contribution is 0.288. The highest BCUT2D eigenvalue weighted by Crippen LogP contribution is 2.27. The van der Waals surface area contributed by atoms with Crippen LogP contribution in [0.1, 0.15) is 36.3 Å². The Hall–Kier alpha value is -2.40. The molecule has 1 N–H and O–H groups in total. The maximum Gasteiger partial charge on any atom is 0.125 e. The molecule has 26 heavy (non-hydrogen) atoms. The van der Waals surface area contributed by atoms with Gasteiger partial charge >= 0.3 is 0 Å². The van der Waals surface area contributed by atoms with E-state index in [1.54, 1.807) is 6.07 Å². The van der Waals surface area contributed by atoms with E-state index in [0.29, 0.717) is 5.52 Å². The minimum absolute atomic E-state index is 0.245. The number of nitrogens with zero attached hydrogens (tertiary/aromatic N) is 2. The first-order valence-electron chi connectivity index (χ1n) is 9.21. The molecule has 1 atom stereocenters. The second-order valence-electron chi connectivity index (χ2n) is 6.97. The summed E-state index contributed by atoms with van der Waals surface area (Å²) in [6.07, 6.45) is 2.98. The van der Waals surface area contributed by atoms with Crippen molar-refractivity contribution in [3.63, 3.8) is 0 Å². The summed E-state index contributed by atoms with van der Waals surface area (Å²) in [5.41, 5.74) is 4.26. The van der Waals surface area contributed by atoms with Crippen molar-refractivity contribution < 1.29 is 9.13 Å². The van der Waals surface area contributed by atoms with Gasteiger partial charge in [-0.1, -0.05) is 12.1 Å². The normalized spacial score (nSPS) is 14.9. The van der Waals surface area contributed by atoms with Crippen molar-refractivity contribution in [3.05, 3.63) is 59.2 Å². The number of ether oxygens (including phenoxy) is 1. The number of nitrogens with one attached hydrogen (secondary N) is 1. The minimum atomic E-state index is -0.245. The van der Waals surface area contributed by atoms with Gasteiger partial charge in [0.1, 0.15) is 17.4 Å². The minimum Gasteiger partial charge on any atom is -0.493 e. The average Bonchev–Trinajstić information content (AvgIpc) is 2.96. The summed E-state index contributed by atoms with van der Waals surface area (Å²) >= 11 is 0. The number of rotatable bonds is 5. The standard InChI is InChI=1S/C21H24FN3O/c1-14(15-5-8-20-16(12-15)4-3-11-26-20)23-10-9-21-24-18-13-17(22)6-7-19(18)25(21)2/h5-8,12-14,23H,3-4,9-11H2,1-2H3. The quantitative estimate of drug-likeness (QED) is 0.755. The monoisotopic (exact) mass is 353 g/mol. The smallest absolute Gasteiger partial charge is 0.125 e. The highest BCUT2D eigenvalue weighted by molar-refractivity contribution is 5.75. The summed E-state index contributed by atoms with van der Waals surface area (Å²) in [5, 5.41) is 3.57. The van der Waals surface area contributed by atoms with Gasteiger partial charge in [0.15, 0.2) is 0 Å². The van der Waals surface area contributed by atoms with Gasteiger partial charge < -0.3 is 14.6 Å². The third-order valence-corrected chi connectivity index (χ3v) is 5.17. The summed E-state index contributed by atoms with van der Waals surface area (Å²) in [7, 11) is 1.98. The van der Waals surface area contributed by atoms with Crippen molar-refractivity contribution in [1.29, 1.82) is 0 Å². The molecule has 136 valence electrons. The lowest BCUT2D eigenvalue weighted by atomic mass is 10.00. The van der Waals surface area contributed by atoms with E-state index in [-0.39, 0.29) is 11.9 Å². The molecular formula is C21H24FN3O. The molecule has 0 saturated heterocycles. The Balaban J connectivity index is 1.41. The van der Waals surface area contributed by atoms with Crippen LogP contribution in [0, 0.1) is 5.82 Å². The van der Waals surface area contributed by atoms with Crippen LogP contribution in [0.15, 0.2) is 36.4 Å². The molecule has 1 aliphatic heterocycles. The van der Waals surface area contributed by atoms with Crippen LogP contribution in [0.25, 0.3) is 11.0 Å². The topological polar surface area (TPSA) is 39.1 Å². The molecule has 0 radical (unpaired) electrons. The first-order chi connectivity index (χ1) is 12.6. The largest absolute Gasteiger partial charge is 0.493 e. The molecule has 0 bridgehead atoms. The number of hydrogen-bond acceptors (Lipinski definition) is 3. The zero-order chi connectivity index (χ0) is 18.1. The van der Waals surface area contributed by atoms with Gasteiger partial charge in [0.25, 0.3) is 0 Å². The summed E-state index contributed by atoms with van der Waals surface area (Å²) < 4.78 is 21.1. The molecule has 5 heteroatoms. The molecule has 0 spiro atoms. The Morgan fingerprint density at radius 3 is 3.04 bits per heavy atom. The Labute approximate surface area is 153 Å². The highest BCUT2D eigenvalue weighted by Gasteiger charge is 2.14. The Bertz CT molecular complexity index is 934. The lowest BCUT2D eigenvalue weighted by Crippen LogP contribution is -2.22. The SMILES string of the molecule is CC(NCCc1nc2cc(F)ccc2n1C)c1ccc2c(c1)CCCO2. The Morgan fingerprint density at radius 2 is 2.15 bits per heavy atom. The van der Waals surface area contributed by atoms with Gasteiger partial charge in [-0.25, -0.2) is 9.37 Å². The molecule has 4 rings (SSSR count). The van der Waals surface area contributed by atoms with E-state index in [2.05, 4.69) is 35.4 Å². The molecule has 2 heterocycles. The average molecular weight is 353 g/mol. The Kier molecular flexibility index (Phi) is 4.64. The summed E-state index contributed by atoms with van der Waals surface area (Å²) in [6, 6.07) is 11.5. The number of aromatic nitrogens is 2. The number of hydrogen-bond donors (Lipinski definition) is 1. The van der Waals surface area contributed by atoms with Gasteiger partial charge in [0.2, 0.25) is 0 Å². The fourth-order valence-electron chi connectivity index (χ4n) is 3.61. The van der Waals surface area contributed by atoms with Crippen LogP contribution in [0.3, 0.4) is 0 Å². The van der Waals surface area contributed by atoms with Gasteiger partial charge in [-0.3, -0.25) is 0 Å². The van der Waals surface area contributed by atoms with Crippen LogP contribution in [0.4, 0.5) is 4.39 Å². The van der Waals surface area contributed by atoms with Crippen molar-refractivity contribution in [1.82, 2.24) is 14.9 Å². The van der Waals surface area contributed by atoms with E-state index < -0.39 is 0 Å². The zero-order valence-corrected chi connectivity index (χ0v) is 15.3. The second-order valence-corrected chi connectivity index (χ2v) is 6.97. The fourth-order valence-corrected chi connectivity index (χ4v) is 3.61. The van der Waals surface area contributed by atoms with Crippen molar-refractivity contribution in [3.8, 4) is 5.75 Å². The van der Waals surface area contributed by atoms with E-state index in [1.807, 2.05) is 11.6 Å². The number of fused-ring (bicyclic) bond motifs is 2. The van der Waals surface area contributed by atoms with E-state index in [0.717, 1.165) is 49.5 Å². The van der Waals surface area contributed by atoms with Gasteiger partial charge in [-0.15, -0.1) is 0 Å². The van der Waals surface area contributed by atoms with Crippen LogP contribution in [0.5, 0.6) is 5.75 Å². The van der Waals surface area contributed by atoms with Crippen molar-refractivity contribution in [2.45, 2.75) is 32.2 Å². The van der Waals surface area contributed by atoms with Crippen LogP contribution >= 0.6 is 0 Å². The zero-order valence-electron chi connectivity index (χ0n) is 15.3. The lowest BCUT2D eigenvalue weighted by Gasteiger charge is -2.20. The number of halogens is 1. The maximum absolute atomic E-state index is 13.4. The third-order valence-electron chi connectivity index (χ3n) is 5.17. The van der Waals surface area contributed by atoms with Crippen molar-refractivity contribution >= 4 is 11.0 Å². The maximum atomic E-state index is 13.4. The van der Waals surface area contributed by atoms with Gasteiger partial charge in [-0.2, -0.15) is 0 Å². The Morgan fingerprint density at radius 1 is 1.27 bits per heavy atom. The van der Waals surface area contributed by atoms with Crippen LogP contribution < -0.4 is 10.1 Å². The molecular weight excluding hydrogens is 329 g/mol. The number of benzene rings is 2. The molecule has 4 nitrogen and oxygen atoms in total.